The molecule has 0 fully saturated rings. The predicted octanol–water partition coefficient (Wildman–Crippen LogP) is 20.5. The van der Waals surface area contributed by atoms with Crippen LogP contribution in [-0.2, 0) is 28.6 Å². The fourth-order valence-electron chi connectivity index (χ4n) is 8.64. The molecule has 0 amide bonds. The molecule has 0 rings (SSSR count). The molecular formula is C65H114O6. The van der Waals surface area contributed by atoms with Crippen LogP contribution in [0.3, 0.4) is 0 Å². The maximum atomic E-state index is 12.9. The zero-order valence-electron chi connectivity index (χ0n) is 47.0. The number of ether oxygens (including phenoxy) is 3. The van der Waals surface area contributed by atoms with Gasteiger partial charge in [0.1, 0.15) is 13.2 Å². The molecule has 6 nitrogen and oxygen atoms in total. The van der Waals surface area contributed by atoms with Crippen molar-refractivity contribution < 1.29 is 28.6 Å². The lowest BCUT2D eigenvalue weighted by Crippen LogP contribution is -2.30. The Labute approximate surface area is 440 Å². The zero-order valence-corrected chi connectivity index (χ0v) is 47.0. The Morgan fingerprint density at radius 3 is 0.887 bits per heavy atom. The summed E-state index contributed by atoms with van der Waals surface area (Å²) in [5.41, 5.74) is 0. The van der Waals surface area contributed by atoms with Gasteiger partial charge in [0.05, 0.1) is 0 Å². The third-order valence-corrected chi connectivity index (χ3v) is 13.2. The fourth-order valence-corrected chi connectivity index (χ4v) is 8.64. The van der Waals surface area contributed by atoms with Crippen molar-refractivity contribution in [3.05, 3.63) is 72.9 Å². The van der Waals surface area contributed by atoms with Crippen LogP contribution in [0.15, 0.2) is 72.9 Å². The standard InChI is InChI=1S/C65H114O6/c1-4-7-10-13-16-19-22-25-28-30-32-34-37-39-42-45-48-51-54-57-63(66)69-60-62(71-65(68)59-56-53-50-47-44-41-36-27-24-21-18-15-12-9-6-3)61-70-64(67)58-55-52-49-46-43-40-38-35-33-31-29-26-23-20-17-14-11-8-5-2/h7,10,16,19,25-26,28-29,32,34,39,42,62H,4-6,8-9,11-15,17-18,20-24,27,30-31,33,35-38,40-41,43-61H2,1-3H3/b10-7-,19-16-,28-25-,29-26-,34-32-,42-39-/t62-/m1/s1. The minimum atomic E-state index is -0.789. The Balaban J connectivity index is 4.41. The summed E-state index contributed by atoms with van der Waals surface area (Å²) in [6.45, 7) is 6.53. The van der Waals surface area contributed by atoms with Crippen molar-refractivity contribution in [3.8, 4) is 0 Å². The Kier molecular flexibility index (Phi) is 56.8. The normalized spacial score (nSPS) is 12.5. The molecule has 0 aromatic carbocycles. The van der Waals surface area contributed by atoms with E-state index in [4.69, 9.17) is 14.2 Å². The van der Waals surface area contributed by atoms with E-state index in [1.807, 2.05) is 0 Å². The van der Waals surface area contributed by atoms with Crippen LogP contribution in [0.5, 0.6) is 0 Å². The van der Waals surface area contributed by atoms with Crippen molar-refractivity contribution in [2.75, 3.05) is 13.2 Å². The fraction of sp³-hybridized carbons (Fsp3) is 0.769. The highest BCUT2D eigenvalue weighted by Gasteiger charge is 2.19. The summed E-state index contributed by atoms with van der Waals surface area (Å²) >= 11 is 0. The maximum Gasteiger partial charge on any atom is 0.306 e. The van der Waals surface area contributed by atoms with Gasteiger partial charge in [0, 0.05) is 19.3 Å². The van der Waals surface area contributed by atoms with E-state index in [1.54, 1.807) is 0 Å². The van der Waals surface area contributed by atoms with Crippen LogP contribution in [-0.4, -0.2) is 37.2 Å². The first-order valence-electron chi connectivity index (χ1n) is 30.4. The zero-order chi connectivity index (χ0) is 51.4. The second-order valence-electron chi connectivity index (χ2n) is 20.2. The first-order valence-corrected chi connectivity index (χ1v) is 30.4. The van der Waals surface area contributed by atoms with Gasteiger partial charge in [-0.25, -0.2) is 0 Å². The minimum absolute atomic E-state index is 0.0845. The van der Waals surface area contributed by atoms with Crippen molar-refractivity contribution in [1.82, 2.24) is 0 Å². The Morgan fingerprint density at radius 1 is 0.296 bits per heavy atom. The lowest BCUT2D eigenvalue weighted by atomic mass is 10.0. The van der Waals surface area contributed by atoms with Gasteiger partial charge in [-0.1, -0.05) is 267 Å². The lowest BCUT2D eigenvalue weighted by Gasteiger charge is -2.18. The van der Waals surface area contributed by atoms with Crippen LogP contribution >= 0.6 is 0 Å². The Hall–Kier alpha value is -3.15. The summed E-state index contributed by atoms with van der Waals surface area (Å²) in [6.07, 6.45) is 76.1. The molecule has 0 spiro atoms. The molecule has 0 unspecified atom stereocenters. The van der Waals surface area contributed by atoms with E-state index in [1.165, 1.54) is 167 Å². The maximum absolute atomic E-state index is 12.9. The summed E-state index contributed by atoms with van der Waals surface area (Å²) < 4.78 is 16.9. The van der Waals surface area contributed by atoms with Gasteiger partial charge in [-0.15, -0.1) is 0 Å². The molecule has 0 heterocycles. The van der Waals surface area contributed by atoms with Crippen molar-refractivity contribution in [2.24, 2.45) is 0 Å². The number of hydrogen-bond donors (Lipinski definition) is 0. The average molecular weight is 992 g/mol. The van der Waals surface area contributed by atoms with E-state index in [0.717, 1.165) is 96.3 Å². The molecule has 410 valence electrons. The molecular weight excluding hydrogens is 877 g/mol. The molecule has 0 aliphatic rings. The molecule has 0 saturated carbocycles. The van der Waals surface area contributed by atoms with Crippen LogP contribution in [0, 0.1) is 0 Å². The molecule has 6 heteroatoms. The largest absolute Gasteiger partial charge is 0.462 e. The topological polar surface area (TPSA) is 78.9 Å². The predicted molar refractivity (Wildman–Crippen MR) is 307 cm³/mol. The van der Waals surface area contributed by atoms with E-state index < -0.39 is 6.10 Å². The first kappa shape index (κ1) is 67.8. The Morgan fingerprint density at radius 2 is 0.549 bits per heavy atom. The van der Waals surface area contributed by atoms with Crippen LogP contribution in [0.4, 0.5) is 0 Å². The molecule has 0 aliphatic heterocycles. The van der Waals surface area contributed by atoms with Gasteiger partial charge in [-0.2, -0.15) is 0 Å². The highest BCUT2D eigenvalue weighted by molar-refractivity contribution is 5.71. The van der Waals surface area contributed by atoms with Gasteiger partial charge in [-0.3, -0.25) is 14.4 Å². The number of esters is 3. The van der Waals surface area contributed by atoms with Gasteiger partial charge in [0.15, 0.2) is 6.10 Å². The highest BCUT2D eigenvalue weighted by Crippen LogP contribution is 2.16. The third kappa shape index (κ3) is 57.6. The number of allylic oxidation sites excluding steroid dienone is 12. The van der Waals surface area contributed by atoms with Gasteiger partial charge >= 0.3 is 17.9 Å². The van der Waals surface area contributed by atoms with Crippen LogP contribution in [0.2, 0.25) is 0 Å². The Bertz CT molecular complexity index is 1320. The van der Waals surface area contributed by atoms with Crippen molar-refractivity contribution in [1.29, 1.82) is 0 Å². The van der Waals surface area contributed by atoms with E-state index in [9.17, 15) is 14.4 Å². The molecule has 0 N–H and O–H groups in total. The first-order chi connectivity index (χ1) is 35.0. The summed E-state index contributed by atoms with van der Waals surface area (Å²) in [5.74, 6) is -0.906. The number of hydrogen-bond acceptors (Lipinski definition) is 6. The second-order valence-corrected chi connectivity index (χ2v) is 20.2. The van der Waals surface area contributed by atoms with Gasteiger partial charge in [0.25, 0.3) is 0 Å². The molecule has 0 bridgehead atoms. The smallest absolute Gasteiger partial charge is 0.306 e. The van der Waals surface area contributed by atoms with Crippen molar-refractivity contribution in [3.63, 3.8) is 0 Å². The van der Waals surface area contributed by atoms with Crippen LogP contribution in [0.25, 0.3) is 0 Å². The van der Waals surface area contributed by atoms with Crippen LogP contribution < -0.4 is 0 Å². The summed E-state index contributed by atoms with van der Waals surface area (Å²) in [6, 6.07) is 0. The molecule has 0 aliphatic carbocycles. The van der Waals surface area contributed by atoms with E-state index in [2.05, 4.69) is 93.7 Å². The molecule has 71 heavy (non-hydrogen) atoms. The van der Waals surface area contributed by atoms with Gasteiger partial charge < -0.3 is 14.2 Å². The average Bonchev–Trinajstić information content (AvgIpc) is 3.37. The van der Waals surface area contributed by atoms with Crippen molar-refractivity contribution in [2.45, 2.75) is 309 Å². The van der Waals surface area contributed by atoms with E-state index >= 15 is 0 Å². The number of rotatable bonds is 55. The lowest BCUT2D eigenvalue weighted by molar-refractivity contribution is -0.167. The van der Waals surface area contributed by atoms with Gasteiger partial charge in [-0.05, 0) is 89.9 Å². The monoisotopic (exact) mass is 991 g/mol. The number of carbonyl (C=O) groups excluding carboxylic acids is 3. The quantitative estimate of drug-likeness (QED) is 0.0261. The molecule has 0 radical (unpaired) electrons. The summed E-state index contributed by atoms with van der Waals surface area (Å²) in [4.78, 5) is 38.2. The molecule has 1 atom stereocenters. The SMILES string of the molecule is CC/C=C\C/C=C\C/C=C\C/C=C\C/C=C\CCCCCC(=O)OC[C@H](COC(=O)CCCCCCCCCCC/C=C\CCCCCCCC)OC(=O)CCCCCCCCCCCCCCCCC. The van der Waals surface area contributed by atoms with Crippen LogP contribution in [0.1, 0.15) is 303 Å². The van der Waals surface area contributed by atoms with Crippen molar-refractivity contribution >= 4 is 17.9 Å². The van der Waals surface area contributed by atoms with E-state index in [-0.39, 0.29) is 31.1 Å². The number of carbonyl (C=O) groups is 3. The number of unbranched alkanes of at least 4 members (excludes halogenated alkanes) is 32. The molecule has 0 saturated heterocycles. The summed E-state index contributed by atoms with van der Waals surface area (Å²) in [5, 5.41) is 0. The third-order valence-electron chi connectivity index (χ3n) is 13.2. The molecule has 0 aromatic heterocycles. The van der Waals surface area contributed by atoms with E-state index in [0.29, 0.717) is 19.3 Å². The van der Waals surface area contributed by atoms with Gasteiger partial charge in [0.2, 0.25) is 0 Å². The summed E-state index contributed by atoms with van der Waals surface area (Å²) in [7, 11) is 0. The minimum Gasteiger partial charge on any atom is -0.462 e. The second kappa shape index (κ2) is 59.4. The highest BCUT2D eigenvalue weighted by atomic mass is 16.6. The molecule has 0 aromatic rings.